The van der Waals surface area contributed by atoms with E-state index in [0.717, 1.165) is 11.0 Å². The van der Waals surface area contributed by atoms with Crippen LogP contribution in [0.2, 0.25) is 0 Å². The Labute approximate surface area is 156 Å². The molecular formula is C21H24O6. The molecule has 2 aromatic heterocycles. The molecule has 0 saturated carbocycles. The van der Waals surface area contributed by atoms with E-state index in [9.17, 15) is 15.0 Å². The molecule has 0 aliphatic rings. The summed E-state index contributed by atoms with van der Waals surface area (Å²) in [7, 11) is 0. The lowest BCUT2D eigenvalue weighted by Gasteiger charge is -2.24. The summed E-state index contributed by atoms with van der Waals surface area (Å²) in [4.78, 5) is 11.5. The van der Waals surface area contributed by atoms with Crippen LogP contribution in [-0.4, -0.2) is 28.5 Å². The third-order valence-corrected chi connectivity index (χ3v) is 4.60. The monoisotopic (exact) mass is 372 g/mol. The van der Waals surface area contributed by atoms with E-state index in [-0.39, 0.29) is 0 Å². The van der Waals surface area contributed by atoms with E-state index < -0.39 is 17.3 Å². The minimum absolute atomic E-state index is 0.322. The summed E-state index contributed by atoms with van der Waals surface area (Å²) in [6, 6.07) is 6.53. The zero-order valence-corrected chi connectivity index (χ0v) is 15.7. The Morgan fingerprint density at radius 2 is 2.00 bits per heavy atom. The molecule has 0 aliphatic carbocycles. The quantitative estimate of drug-likeness (QED) is 0.484. The molecule has 3 aromatic rings. The van der Waals surface area contributed by atoms with Gasteiger partial charge in [0.1, 0.15) is 23.5 Å². The number of benzene rings is 1. The van der Waals surface area contributed by atoms with Crippen LogP contribution in [0.3, 0.4) is 0 Å². The second-order valence-electron chi connectivity index (χ2n) is 7.27. The van der Waals surface area contributed by atoms with Gasteiger partial charge in [-0.3, -0.25) is 0 Å². The van der Waals surface area contributed by atoms with E-state index in [1.54, 1.807) is 32.2 Å². The highest BCUT2D eigenvalue weighted by atomic mass is 16.5. The molecule has 144 valence electrons. The van der Waals surface area contributed by atoms with E-state index in [0.29, 0.717) is 41.8 Å². The zero-order chi connectivity index (χ0) is 19.6. The third-order valence-electron chi connectivity index (χ3n) is 4.60. The molecule has 0 saturated heterocycles. The Morgan fingerprint density at radius 3 is 2.74 bits per heavy atom. The van der Waals surface area contributed by atoms with Crippen molar-refractivity contribution in [3.05, 3.63) is 52.6 Å². The van der Waals surface area contributed by atoms with Gasteiger partial charge in [-0.25, -0.2) is 4.79 Å². The first-order chi connectivity index (χ1) is 12.8. The van der Waals surface area contributed by atoms with E-state index >= 15 is 0 Å². The average molecular weight is 372 g/mol. The molecule has 27 heavy (non-hydrogen) atoms. The number of allylic oxidation sites excluding steroid dienone is 1. The summed E-state index contributed by atoms with van der Waals surface area (Å²) in [5.41, 5.74) is 0.500. The highest BCUT2D eigenvalue weighted by Gasteiger charge is 2.23. The van der Waals surface area contributed by atoms with Crippen molar-refractivity contribution in [3.63, 3.8) is 0 Å². The van der Waals surface area contributed by atoms with Crippen molar-refractivity contribution in [2.45, 2.75) is 45.3 Å². The fourth-order valence-corrected chi connectivity index (χ4v) is 2.85. The second-order valence-corrected chi connectivity index (χ2v) is 7.27. The summed E-state index contributed by atoms with van der Waals surface area (Å²) in [6.07, 6.45) is 3.83. The molecule has 6 heteroatoms. The van der Waals surface area contributed by atoms with Crippen molar-refractivity contribution in [2.75, 3.05) is 6.61 Å². The number of furan rings is 1. The largest absolute Gasteiger partial charge is 0.488 e. The maximum atomic E-state index is 11.5. The van der Waals surface area contributed by atoms with Crippen LogP contribution in [-0.2, 0) is 0 Å². The third kappa shape index (κ3) is 4.40. The zero-order valence-electron chi connectivity index (χ0n) is 15.7. The minimum Gasteiger partial charge on any atom is -0.488 e. The van der Waals surface area contributed by atoms with Gasteiger partial charge in [0.05, 0.1) is 28.7 Å². The molecule has 2 heterocycles. The lowest BCUT2D eigenvalue weighted by Crippen LogP contribution is -2.35. The predicted molar refractivity (Wildman–Crippen MR) is 103 cm³/mol. The lowest BCUT2D eigenvalue weighted by atomic mass is 9.96. The van der Waals surface area contributed by atoms with Crippen molar-refractivity contribution in [3.8, 4) is 5.75 Å². The standard InChI is InChI=1S/C21H24O6/c1-13(4-6-18(22)21(2,3)24)8-10-26-20-14-5-7-19(23)27-17(14)12-16-15(20)9-11-25-16/h5,7-9,11-12,18,22,24H,4,6,10H2,1-3H3/t18-/m0/s1. The normalized spacial score (nSPS) is 14.0. The molecule has 0 spiro atoms. The summed E-state index contributed by atoms with van der Waals surface area (Å²) >= 11 is 0. The molecule has 0 aliphatic heterocycles. The van der Waals surface area contributed by atoms with Crippen LogP contribution >= 0.6 is 0 Å². The first kappa shape index (κ1) is 19.2. The van der Waals surface area contributed by atoms with Gasteiger partial charge in [-0.05, 0) is 51.8 Å². The average Bonchev–Trinajstić information content (AvgIpc) is 3.06. The molecule has 1 atom stereocenters. The van der Waals surface area contributed by atoms with E-state index in [1.165, 1.54) is 6.07 Å². The highest BCUT2D eigenvalue weighted by Crippen LogP contribution is 2.35. The number of hydrogen-bond donors (Lipinski definition) is 2. The predicted octanol–water partition coefficient (Wildman–Crippen LogP) is 3.78. The van der Waals surface area contributed by atoms with Crippen LogP contribution in [0.15, 0.2) is 55.8 Å². The maximum absolute atomic E-state index is 11.5. The Morgan fingerprint density at radius 1 is 1.26 bits per heavy atom. The van der Waals surface area contributed by atoms with Crippen molar-refractivity contribution >= 4 is 21.9 Å². The Hall–Kier alpha value is -2.57. The van der Waals surface area contributed by atoms with Crippen molar-refractivity contribution in [2.24, 2.45) is 0 Å². The van der Waals surface area contributed by atoms with Crippen LogP contribution in [0.25, 0.3) is 21.9 Å². The Balaban J connectivity index is 1.76. The molecule has 0 bridgehead atoms. The van der Waals surface area contributed by atoms with Crippen molar-refractivity contribution < 1.29 is 23.8 Å². The fraction of sp³-hybridized carbons (Fsp3) is 0.381. The van der Waals surface area contributed by atoms with Crippen LogP contribution in [0, 0.1) is 0 Å². The topological polar surface area (TPSA) is 93.0 Å². The van der Waals surface area contributed by atoms with Gasteiger partial charge in [0.25, 0.3) is 0 Å². The molecule has 0 unspecified atom stereocenters. The number of ether oxygens (including phenoxy) is 1. The first-order valence-electron chi connectivity index (χ1n) is 8.88. The maximum Gasteiger partial charge on any atom is 0.336 e. The molecule has 6 nitrogen and oxygen atoms in total. The molecule has 0 amide bonds. The molecule has 1 aromatic carbocycles. The van der Waals surface area contributed by atoms with E-state index in [1.807, 2.05) is 19.1 Å². The summed E-state index contributed by atoms with van der Waals surface area (Å²) in [6.45, 7) is 5.46. The minimum atomic E-state index is -1.11. The van der Waals surface area contributed by atoms with Gasteiger partial charge in [-0.15, -0.1) is 0 Å². The van der Waals surface area contributed by atoms with Crippen molar-refractivity contribution in [1.29, 1.82) is 0 Å². The first-order valence-corrected chi connectivity index (χ1v) is 8.88. The van der Waals surface area contributed by atoms with Crippen molar-refractivity contribution in [1.82, 2.24) is 0 Å². The number of fused-ring (bicyclic) bond motifs is 2. The number of aliphatic hydroxyl groups is 2. The Kier molecular flexibility index (Phi) is 5.39. The Bertz CT molecular complexity index is 1020. The second kappa shape index (κ2) is 7.58. The van der Waals surface area contributed by atoms with Crippen LogP contribution in [0.4, 0.5) is 0 Å². The number of hydrogen-bond acceptors (Lipinski definition) is 6. The van der Waals surface area contributed by atoms with Crippen LogP contribution in [0.1, 0.15) is 33.6 Å². The summed E-state index contributed by atoms with van der Waals surface area (Å²) < 4.78 is 16.6. The van der Waals surface area contributed by atoms with Gasteiger partial charge in [-0.1, -0.05) is 5.57 Å². The van der Waals surface area contributed by atoms with E-state index in [4.69, 9.17) is 13.6 Å². The smallest absolute Gasteiger partial charge is 0.336 e. The van der Waals surface area contributed by atoms with Crippen LogP contribution in [0.5, 0.6) is 5.75 Å². The van der Waals surface area contributed by atoms with E-state index in [2.05, 4.69) is 0 Å². The molecule has 3 rings (SSSR count). The van der Waals surface area contributed by atoms with Gasteiger partial charge in [0, 0.05) is 12.1 Å². The van der Waals surface area contributed by atoms with Gasteiger partial charge >= 0.3 is 5.63 Å². The molecule has 0 fully saturated rings. The SMILES string of the molecule is CC(=CCOc1c2ccoc2cc2oc(=O)ccc12)CC[C@H](O)C(C)(C)O. The fourth-order valence-electron chi connectivity index (χ4n) is 2.85. The van der Waals surface area contributed by atoms with Crippen LogP contribution < -0.4 is 10.4 Å². The van der Waals surface area contributed by atoms with Gasteiger partial charge < -0.3 is 23.8 Å². The number of aliphatic hydroxyl groups excluding tert-OH is 1. The van der Waals surface area contributed by atoms with Gasteiger partial charge in [0.2, 0.25) is 0 Å². The molecule has 2 N–H and O–H groups in total. The molecular weight excluding hydrogens is 348 g/mol. The van der Waals surface area contributed by atoms with Gasteiger partial charge in [0.15, 0.2) is 0 Å². The molecule has 0 radical (unpaired) electrons. The van der Waals surface area contributed by atoms with Gasteiger partial charge in [-0.2, -0.15) is 0 Å². The number of rotatable bonds is 7. The summed E-state index contributed by atoms with van der Waals surface area (Å²) in [5, 5.41) is 21.2. The lowest BCUT2D eigenvalue weighted by molar-refractivity contribution is -0.0509. The highest BCUT2D eigenvalue weighted by molar-refractivity contribution is 6.01. The summed E-state index contributed by atoms with van der Waals surface area (Å²) in [5.74, 6) is 0.598.